The maximum atomic E-state index is 11.9. The molecule has 0 radical (unpaired) electrons. The van der Waals surface area contributed by atoms with Crippen molar-refractivity contribution < 1.29 is 4.79 Å². The van der Waals surface area contributed by atoms with Crippen LogP contribution in [0.3, 0.4) is 0 Å². The van der Waals surface area contributed by atoms with E-state index < -0.39 is 0 Å². The number of hydrogen-bond donors (Lipinski definition) is 2. The molecule has 3 N–H and O–H groups in total. The third-order valence-electron chi connectivity index (χ3n) is 2.31. The van der Waals surface area contributed by atoms with E-state index in [1.807, 2.05) is 13.0 Å². The SMILES string of the molecule is Cc1ccc(N)cc1NC(=O)c1ccc(Cl)s1. The van der Waals surface area contributed by atoms with E-state index in [2.05, 4.69) is 5.32 Å². The van der Waals surface area contributed by atoms with E-state index in [1.54, 1.807) is 24.3 Å². The number of nitrogens with one attached hydrogen (secondary N) is 1. The van der Waals surface area contributed by atoms with Gasteiger partial charge in [0.2, 0.25) is 0 Å². The Labute approximate surface area is 108 Å². The summed E-state index contributed by atoms with van der Waals surface area (Å²) in [7, 11) is 0. The molecule has 0 spiro atoms. The van der Waals surface area contributed by atoms with Crippen molar-refractivity contribution in [3.8, 4) is 0 Å². The number of aryl methyl sites for hydroxylation is 1. The van der Waals surface area contributed by atoms with Crippen molar-refractivity contribution in [3.05, 3.63) is 45.1 Å². The molecule has 0 unspecified atom stereocenters. The topological polar surface area (TPSA) is 55.1 Å². The van der Waals surface area contributed by atoms with Gasteiger partial charge in [-0.15, -0.1) is 11.3 Å². The predicted molar refractivity (Wildman–Crippen MR) is 72.9 cm³/mol. The first-order valence-corrected chi connectivity index (χ1v) is 6.18. The normalized spacial score (nSPS) is 10.2. The molecule has 2 rings (SSSR count). The molecule has 88 valence electrons. The number of nitrogens with two attached hydrogens (primary N) is 1. The Bertz CT molecular complexity index is 565. The Hall–Kier alpha value is -1.52. The molecular weight excluding hydrogens is 256 g/mol. The first kappa shape index (κ1) is 12.0. The van der Waals surface area contributed by atoms with Gasteiger partial charge >= 0.3 is 0 Å². The molecule has 2 aromatic rings. The smallest absolute Gasteiger partial charge is 0.265 e. The number of hydrogen-bond acceptors (Lipinski definition) is 3. The highest BCUT2D eigenvalue weighted by Gasteiger charge is 2.10. The molecular formula is C12H11ClN2OS. The molecule has 1 amide bonds. The molecule has 0 bridgehead atoms. The maximum Gasteiger partial charge on any atom is 0.265 e. The van der Waals surface area contributed by atoms with Crippen LogP contribution in [-0.4, -0.2) is 5.91 Å². The van der Waals surface area contributed by atoms with Crippen molar-refractivity contribution >= 4 is 40.2 Å². The second-order valence-corrected chi connectivity index (χ2v) is 5.35. The van der Waals surface area contributed by atoms with Crippen molar-refractivity contribution in [1.29, 1.82) is 0 Å². The summed E-state index contributed by atoms with van der Waals surface area (Å²) in [6, 6.07) is 8.80. The monoisotopic (exact) mass is 266 g/mol. The summed E-state index contributed by atoms with van der Waals surface area (Å²) in [5.41, 5.74) is 7.99. The Balaban J connectivity index is 2.21. The van der Waals surface area contributed by atoms with Crippen LogP contribution < -0.4 is 11.1 Å². The molecule has 0 aliphatic carbocycles. The highest BCUT2D eigenvalue weighted by Crippen LogP contribution is 2.24. The van der Waals surface area contributed by atoms with E-state index in [0.717, 1.165) is 11.3 Å². The minimum atomic E-state index is -0.171. The number of halogens is 1. The molecule has 0 fully saturated rings. The van der Waals surface area contributed by atoms with Crippen LogP contribution in [0.2, 0.25) is 4.34 Å². The van der Waals surface area contributed by atoms with Gasteiger partial charge in [0.1, 0.15) is 0 Å². The highest BCUT2D eigenvalue weighted by atomic mass is 35.5. The molecule has 1 aromatic carbocycles. The van der Waals surface area contributed by atoms with Crippen molar-refractivity contribution in [3.63, 3.8) is 0 Å². The van der Waals surface area contributed by atoms with E-state index in [4.69, 9.17) is 17.3 Å². The van der Waals surface area contributed by atoms with Gasteiger partial charge in [0, 0.05) is 11.4 Å². The van der Waals surface area contributed by atoms with E-state index in [0.29, 0.717) is 14.9 Å². The van der Waals surface area contributed by atoms with Gasteiger partial charge in [-0.25, -0.2) is 0 Å². The van der Waals surface area contributed by atoms with Gasteiger partial charge in [-0.1, -0.05) is 17.7 Å². The van der Waals surface area contributed by atoms with Crippen LogP contribution >= 0.6 is 22.9 Å². The molecule has 0 saturated carbocycles. The van der Waals surface area contributed by atoms with Crippen molar-refractivity contribution in [2.24, 2.45) is 0 Å². The quantitative estimate of drug-likeness (QED) is 0.817. The lowest BCUT2D eigenvalue weighted by atomic mass is 10.2. The zero-order chi connectivity index (χ0) is 12.4. The molecule has 17 heavy (non-hydrogen) atoms. The number of rotatable bonds is 2. The zero-order valence-corrected chi connectivity index (χ0v) is 10.7. The summed E-state index contributed by atoms with van der Waals surface area (Å²) in [6.45, 7) is 1.91. The Kier molecular flexibility index (Phi) is 3.36. The van der Waals surface area contributed by atoms with Crippen LogP contribution in [0.4, 0.5) is 11.4 Å². The standard InChI is InChI=1S/C12H11ClN2OS/c1-7-2-3-8(14)6-9(7)15-12(16)10-4-5-11(13)17-10/h2-6H,14H2,1H3,(H,15,16). The fraction of sp³-hybridized carbons (Fsp3) is 0.0833. The van der Waals surface area contributed by atoms with Crippen LogP contribution in [0.5, 0.6) is 0 Å². The van der Waals surface area contributed by atoms with Crippen LogP contribution in [-0.2, 0) is 0 Å². The van der Waals surface area contributed by atoms with Crippen molar-refractivity contribution in [2.75, 3.05) is 11.1 Å². The molecule has 5 heteroatoms. The van der Waals surface area contributed by atoms with Crippen molar-refractivity contribution in [2.45, 2.75) is 6.92 Å². The van der Waals surface area contributed by atoms with Crippen molar-refractivity contribution in [1.82, 2.24) is 0 Å². The van der Waals surface area contributed by atoms with Gasteiger partial charge in [-0.05, 0) is 36.8 Å². The second-order valence-electron chi connectivity index (χ2n) is 3.63. The van der Waals surface area contributed by atoms with Gasteiger partial charge in [0.25, 0.3) is 5.91 Å². The summed E-state index contributed by atoms with van der Waals surface area (Å²) in [5.74, 6) is -0.171. The third kappa shape index (κ3) is 2.78. The Morgan fingerprint density at radius 2 is 2.12 bits per heavy atom. The number of nitrogen functional groups attached to an aromatic ring is 1. The molecule has 0 aliphatic heterocycles. The largest absolute Gasteiger partial charge is 0.399 e. The van der Waals surface area contributed by atoms with E-state index >= 15 is 0 Å². The second kappa shape index (κ2) is 4.77. The summed E-state index contributed by atoms with van der Waals surface area (Å²) >= 11 is 7.03. The minimum absolute atomic E-state index is 0.171. The molecule has 0 aliphatic rings. The number of amides is 1. The predicted octanol–water partition coefficient (Wildman–Crippen LogP) is 3.54. The highest BCUT2D eigenvalue weighted by molar-refractivity contribution is 7.18. The first-order chi connectivity index (χ1) is 8.06. The van der Waals surface area contributed by atoms with Gasteiger partial charge in [0.05, 0.1) is 9.21 Å². The fourth-order valence-electron chi connectivity index (χ4n) is 1.39. The number of thiophene rings is 1. The Morgan fingerprint density at radius 1 is 1.35 bits per heavy atom. The first-order valence-electron chi connectivity index (χ1n) is 4.99. The van der Waals surface area contributed by atoms with Gasteiger partial charge < -0.3 is 11.1 Å². The lowest BCUT2D eigenvalue weighted by molar-refractivity contribution is 0.103. The van der Waals surface area contributed by atoms with Crippen LogP contribution in [0, 0.1) is 6.92 Å². The molecule has 1 aromatic heterocycles. The molecule has 0 saturated heterocycles. The fourth-order valence-corrected chi connectivity index (χ4v) is 2.33. The van der Waals surface area contributed by atoms with Crippen LogP contribution in [0.25, 0.3) is 0 Å². The van der Waals surface area contributed by atoms with Gasteiger partial charge in [-0.2, -0.15) is 0 Å². The lowest BCUT2D eigenvalue weighted by Crippen LogP contribution is -2.11. The Morgan fingerprint density at radius 3 is 2.76 bits per heavy atom. The number of carbonyl (C=O) groups is 1. The van der Waals surface area contributed by atoms with Gasteiger partial charge in [0.15, 0.2) is 0 Å². The average Bonchev–Trinajstić information content (AvgIpc) is 2.70. The maximum absolute atomic E-state index is 11.9. The number of anilines is 2. The van der Waals surface area contributed by atoms with Crippen LogP contribution in [0.15, 0.2) is 30.3 Å². The summed E-state index contributed by atoms with van der Waals surface area (Å²) in [4.78, 5) is 12.5. The number of carbonyl (C=O) groups excluding carboxylic acids is 1. The summed E-state index contributed by atoms with van der Waals surface area (Å²) < 4.78 is 0.597. The molecule has 3 nitrogen and oxygen atoms in total. The zero-order valence-electron chi connectivity index (χ0n) is 9.16. The summed E-state index contributed by atoms with van der Waals surface area (Å²) in [6.07, 6.45) is 0. The molecule has 1 heterocycles. The third-order valence-corrected chi connectivity index (χ3v) is 3.54. The van der Waals surface area contributed by atoms with Crippen LogP contribution in [0.1, 0.15) is 15.2 Å². The number of benzene rings is 1. The average molecular weight is 267 g/mol. The van der Waals surface area contributed by atoms with E-state index in [-0.39, 0.29) is 5.91 Å². The minimum Gasteiger partial charge on any atom is -0.399 e. The van der Waals surface area contributed by atoms with E-state index in [9.17, 15) is 4.79 Å². The lowest BCUT2D eigenvalue weighted by Gasteiger charge is -2.07. The molecule has 0 atom stereocenters. The van der Waals surface area contributed by atoms with Gasteiger partial charge in [-0.3, -0.25) is 4.79 Å². The summed E-state index contributed by atoms with van der Waals surface area (Å²) in [5, 5.41) is 2.81. The van der Waals surface area contributed by atoms with E-state index in [1.165, 1.54) is 11.3 Å².